The topological polar surface area (TPSA) is 124 Å². The van der Waals surface area contributed by atoms with Crippen LogP contribution in [0.1, 0.15) is 52.6 Å². The molecule has 0 saturated carbocycles. The quantitative estimate of drug-likeness (QED) is 0.286. The van der Waals surface area contributed by atoms with Crippen molar-refractivity contribution in [1.29, 1.82) is 0 Å². The summed E-state index contributed by atoms with van der Waals surface area (Å²) in [5.41, 5.74) is 4.68. The number of carbonyl (C=O) groups is 3. The first kappa shape index (κ1) is 29.8. The minimum absolute atomic E-state index is 0.0355. The number of nitrogens with zero attached hydrogens (tertiary/aromatic N) is 6. The van der Waals surface area contributed by atoms with Crippen molar-refractivity contribution in [1.82, 2.24) is 24.3 Å². The zero-order valence-corrected chi connectivity index (χ0v) is 26.5. The average molecular weight is 656 g/mol. The molecule has 2 amide bonds. The van der Waals surface area contributed by atoms with Crippen LogP contribution in [-0.2, 0) is 29.1 Å². The number of nitrogens with one attached hydrogen (secondary N) is 1. The van der Waals surface area contributed by atoms with E-state index in [9.17, 15) is 14.4 Å². The van der Waals surface area contributed by atoms with Crippen molar-refractivity contribution in [2.24, 2.45) is 5.41 Å². The fraction of sp³-hybridized carbons (Fsp3) is 0.382. The number of carbonyl (C=O) groups excluding carboxylic acids is 2. The number of thiazole rings is 1. The number of hydrogen-bond donors (Lipinski definition) is 2. The molecule has 4 aromatic rings. The maximum Gasteiger partial charge on any atom is 0.317 e. The van der Waals surface area contributed by atoms with Gasteiger partial charge in [0.1, 0.15) is 5.82 Å². The van der Waals surface area contributed by atoms with Gasteiger partial charge in [-0.15, -0.1) is 11.3 Å². The number of carboxylic acid groups (broad SMARTS) is 1. The number of anilines is 2. The molecule has 0 radical (unpaired) electrons. The molecule has 0 aliphatic carbocycles. The van der Waals surface area contributed by atoms with Gasteiger partial charge in [0, 0.05) is 59.1 Å². The Kier molecular flexibility index (Phi) is 7.32. The highest BCUT2D eigenvalue weighted by atomic mass is 32.1. The van der Waals surface area contributed by atoms with Crippen LogP contribution in [0.25, 0.3) is 11.1 Å². The molecule has 2 saturated heterocycles. The van der Waals surface area contributed by atoms with Crippen LogP contribution in [0.2, 0.25) is 0 Å². The fourth-order valence-corrected chi connectivity index (χ4v) is 8.20. The highest BCUT2D eigenvalue weighted by molar-refractivity contribution is 7.13. The van der Waals surface area contributed by atoms with Crippen molar-refractivity contribution in [3.05, 3.63) is 82.6 Å². The number of fused-ring (bicyclic) bond motifs is 2. The molecular weight excluding hydrogens is 621 g/mol. The Labute approximate surface area is 274 Å². The molecule has 242 valence electrons. The predicted molar refractivity (Wildman–Crippen MR) is 174 cm³/mol. The summed E-state index contributed by atoms with van der Waals surface area (Å²) in [6, 6.07) is 10.1. The molecule has 2 aromatic heterocycles. The summed E-state index contributed by atoms with van der Waals surface area (Å²) in [6.07, 6.45) is 6.98. The van der Waals surface area contributed by atoms with E-state index in [-0.39, 0.29) is 29.6 Å². The number of carboxylic acids is 1. The van der Waals surface area contributed by atoms with Gasteiger partial charge < -0.3 is 19.5 Å². The van der Waals surface area contributed by atoms with Crippen molar-refractivity contribution in [3.63, 3.8) is 0 Å². The second-order valence-electron chi connectivity index (χ2n) is 13.1. The van der Waals surface area contributed by atoms with Crippen LogP contribution < -0.4 is 10.2 Å². The molecular formula is C34H34FN7O4S. The molecule has 2 N–H and O–H groups in total. The standard InChI is InChI=1S/C34H34FN7O4S/c35-26-15-22(21-3-5-23(6-4-21)41-18-34(19-41)7-11-39(12-8-34)17-28(43)44)14-24-25(26)16-42(32(24)46)30(31(45)38-33-36-9-13-47-33)29-27-2-1-10-40(27)20-37-29/h3-6,9,13-15,20,30H,1-2,7-8,10-12,16-19H2,(H,43,44)(H,36,38,45). The molecule has 4 aliphatic heterocycles. The SMILES string of the molecule is O=C(O)CN1CCC2(CC1)CN(c1ccc(-c3cc(F)c4c(c3)C(=O)N(C(C(=O)Nc3nccs3)c3ncn5c3CCC5)C4)cc1)C2. The van der Waals surface area contributed by atoms with E-state index < -0.39 is 29.6 Å². The van der Waals surface area contributed by atoms with E-state index in [0.717, 1.165) is 75.4 Å². The molecule has 11 nitrogen and oxygen atoms in total. The molecule has 1 unspecified atom stereocenters. The molecule has 0 bridgehead atoms. The number of amides is 2. The minimum Gasteiger partial charge on any atom is -0.480 e. The average Bonchev–Trinajstić information content (AvgIpc) is 3.85. The number of imidazole rings is 1. The summed E-state index contributed by atoms with van der Waals surface area (Å²) >= 11 is 1.28. The number of aryl methyl sites for hydroxylation is 1. The third kappa shape index (κ3) is 5.36. The summed E-state index contributed by atoms with van der Waals surface area (Å²) in [5.74, 6) is -2.09. The Morgan fingerprint density at radius 3 is 2.57 bits per heavy atom. The van der Waals surface area contributed by atoms with E-state index in [2.05, 4.69) is 20.2 Å². The van der Waals surface area contributed by atoms with Crippen molar-refractivity contribution >= 4 is 39.9 Å². The van der Waals surface area contributed by atoms with Gasteiger partial charge in [0.15, 0.2) is 11.2 Å². The van der Waals surface area contributed by atoms with E-state index in [1.165, 1.54) is 22.3 Å². The molecule has 2 fully saturated rings. The van der Waals surface area contributed by atoms with Gasteiger partial charge in [0.25, 0.3) is 11.8 Å². The van der Waals surface area contributed by atoms with Crippen LogP contribution in [0.4, 0.5) is 15.2 Å². The third-order valence-electron chi connectivity index (χ3n) is 10.2. The van der Waals surface area contributed by atoms with Gasteiger partial charge in [0.2, 0.25) is 0 Å². The van der Waals surface area contributed by atoms with Crippen LogP contribution >= 0.6 is 11.3 Å². The number of piperidine rings is 1. The zero-order valence-electron chi connectivity index (χ0n) is 25.7. The van der Waals surface area contributed by atoms with Crippen molar-refractivity contribution in [2.75, 3.05) is 42.9 Å². The first-order valence-electron chi connectivity index (χ1n) is 15.9. The largest absolute Gasteiger partial charge is 0.480 e. The van der Waals surface area contributed by atoms with Crippen molar-refractivity contribution < 1.29 is 23.9 Å². The maximum atomic E-state index is 15.7. The molecule has 1 spiro atoms. The van der Waals surface area contributed by atoms with Gasteiger partial charge in [-0.1, -0.05) is 12.1 Å². The first-order chi connectivity index (χ1) is 22.8. The van der Waals surface area contributed by atoms with Gasteiger partial charge in [0.05, 0.1) is 25.1 Å². The lowest BCUT2D eigenvalue weighted by Crippen LogP contribution is -2.60. The lowest BCUT2D eigenvalue weighted by atomic mass is 9.71. The van der Waals surface area contributed by atoms with Gasteiger partial charge in [-0.3, -0.25) is 24.6 Å². The van der Waals surface area contributed by atoms with E-state index in [0.29, 0.717) is 16.4 Å². The summed E-state index contributed by atoms with van der Waals surface area (Å²) in [6.45, 7) is 4.35. The van der Waals surface area contributed by atoms with Crippen LogP contribution in [0.15, 0.2) is 54.3 Å². The van der Waals surface area contributed by atoms with E-state index in [4.69, 9.17) is 5.11 Å². The monoisotopic (exact) mass is 655 g/mol. The van der Waals surface area contributed by atoms with E-state index in [1.807, 2.05) is 33.7 Å². The first-order valence-corrected chi connectivity index (χ1v) is 16.8. The summed E-state index contributed by atoms with van der Waals surface area (Å²) in [5, 5.41) is 14.1. The Morgan fingerprint density at radius 2 is 1.85 bits per heavy atom. The van der Waals surface area contributed by atoms with Gasteiger partial charge in [-0.05, 0) is 74.2 Å². The van der Waals surface area contributed by atoms with E-state index in [1.54, 1.807) is 24.0 Å². The van der Waals surface area contributed by atoms with Crippen LogP contribution in [0.3, 0.4) is 0 Å². The van der Waals surface area contributed by atoms with Crippen LogP contribution in [-0.4, -0.2) is 79.9 Å². The van der Waals surface area contributed by atoms with Gasteiger partial charge in [-0.25, -0.2) is 14.4 Å². The molecule has 2 aromatic carbocycles. The van der Waals surface area contributed by atoms with Crippen LogP contribution in [0, 0.1) is 11.2 Å². The smallest absolute Gasteiger partial charge is 0.317 e. The highest BCUT2D eigenvalue weighted by Gasteiger charge is 2.45. The molecule has 13 heteroatoms. The Bertz CT molecular complexity index is 1860. The second-order valence-corrected chi connectivity index (χ2v) is 14.0. The number of aliphatic carboxylic acids is 1. The van der Waals surface area contributed by atoms with E-state index >= 15 is 4.39 Å². The predicted octanol–water partition coefficient (Wildman–Crippen LogP) is 4.41. The molecule has 4 aliphatic rings. The number of rotatable bonds is 8. The Morgan fingerprint density at radius 1 is 1.06 bits per heavy atom. The highest BCUT2D eigenvalue weighted by Crippen LogP contribution is 2.43. The molecule has 8 rings (SSSR count). The second kappa shape index (κ2) is 11.6. The number of hydrogen-bond acceptors (Lipinski definition) is 8. The van der Waals surface area contributed by atoms with Gasteiger partial charge in [-0.2, -0.15) is 0 Å². The number of benzene rings is 2. The molecule has 1 atom stereocenters. The van der Waals surface area contributed by atoms with Crippen molar-refractivity contribution in [2.45, 2.75) is 44.8 Å². The number of aromatic nitrogens is 3. The third-order valence-corrected chi connectivity index (χ3v) is 10.9. The number of halogens is 1. The summed E-state index contributed by atoms with van der Waals surface area (Å²) < 4.78 is 17.7. The minimum atomic E-state index is -1.03. The fourth-order valence-electron chi connectivity index (χ4n) is 7.67. The normalized spacial score (nSPS) is 19.0. The van der Waals surface area contributed by atoms with Gasteiger partial charge >= 0.3 is 5.97 Å². The lowest BCUT2D eigenvalue weighted by molar-refractivity contribution is -0.139. The Hall–Kier alpha value is -4.62. The van der Waals surface area contributed by atoms with Crippen molar-refractivity contribution in [3.8, 4) is 11.1 Å². The number of likely N-dealkylation sites (tertiary alicyclic amines) is 1. The maximum absolute atomic E-state index is 15.7. The molecule has 6 heterocycles. The summed E-state index contributed by atoms with van der Waals surface area (Å²) in [4.78, 5) is 53.2. The van der Waals surface area contributed by atoms with Crippen LogP contribution in [0.5, 0.6) is 0 Å². The lowest BCUT2D eigenvalue weighted by Gasteiger charge is -2.55. The Balaban J connectivity index is 1.00. The zero-order chi connectivity index (χ0) is 32.3. The molecule has 47 heavy (non-hydrogen) atoms. The summed E-state index contributed by atoms with van der Waals surface area (Å²) in [7, 11) is 0.